The number of hydrogen-bond acceptors (Lipinski definition) is 4. The topological polar surface area (TPSA) is 32.3 Å². The Labute approximate surface area is 154 Å². The predicted molar refractivity (Wildman–Crippen MR) is 105 cm³/mol. The summed E-state index contributed by atoms with van der Waals surface area (Å²) in [4.78, 5) is 14.5. The molecule has 0 N–H and O–H groups in total. The van der Waals surface area contributed by atoms with E-state index in [1.807, 2.05) is 0 Å². The summed E-state index contributed by atoms with van der Waals surface area (Å²) in [5.74, 6) is 0.964. The van der Waals surface area contributed by atoms with E-state index >= 15 is 0 Å². The number of likely N-dealkylation sites (N-methyl/N-ethyl adjacent to an activating group) is 1. The molecular formula is C21H36N4. The largest absolute Gasteiger partial charge is 0.332 e. The molecule has 140 valence electrons. The van der Waals surface area contributed by atoms with E-state index in [2.05, 4.69) is 36.2 Å². The lowest BCUT2D eigenvalue weighted by atomic mass is 9.92. The van der Waals surface area contributed by atoms with E-state index in [0.717, 1.165) is 25.5 Å². The summed E-state index contributed by atoms with van der Waals surface area (Å²) in [7, 11) is 2.24. The first kappa shape index (κ1) is 18.6. The highest BCUT2D eigenvalue weighted by Crippen LogP contribution is 2.30. The second-order valence-corrected chi connectivity index (χ2v) is 8.13. The molecule has 4 nitrogen and oxygen atoms in total. The van der Waals surface area contributed by atoms with Gasteiger partial charge in [0.05, 0.1) is 0 Å². The molecule has 25 heavy (non-hydrogen) atoms. The van der Waals surface area contributed by atoms with Crippen LogP contribution in [-0.2, 0) is 6.42 Å². The number of hydrogen-bond donors (Lipinski definition) is 0. The average molecular weight is 345 g/mol. The lowest BCUT2D eigenvalue weighted by Crippen LogP contribution is -2.60. The van der Waals surface area contributed by atoms with Crippen LogP contribution in [0.4, 0.5) is 5.95 Å². The minimum Gasteiger partial charge on any atom is -0.332 e. The zero-order valence-electron chi connectivity index (χ0n) is 16.3. The molecule has 2 aliphatic heterocycles. The first-order valence-corrected chi connectivity index (χ1v) is 10.6. The predicted octanol–water partition coefficient (Wildman–Crippen LogP) is 4.44. The molecule has 3 heterocycles. The molecule has 2 unspecified atom stereocenters. The van der Waals surface area contributed by atoms with Gasteiger partial charge in [-0.15, -0.1) is 0 Å². The van der Waals surface area contributed by atoms with E-state index in [0.29, 0.717) is 12.1 Å². The first-order chi connectivity index (χ1) is 12.3. The molecule has 2 atom stereocenters. The maximum atomic E-state index is 4.75. The highest BCUT2D eigenvalue weighted by Gasteiger charge is 2.37. The van der Waals surface area contributed by atoms with Crippen LogP contribution in [0.1, 0.15) is 76.7 Å². The number of unbranched alkanes of at least 4 members (excludes halogenated alkanes) is 6. The molecule has 0 amide bonds. The summed E-state index contributed by atoms with van der Waals surface area (Å²) < 4.78 is 0. The first-order valence-electron chi connectivity index (χ1n) is 10.6. The molecule has 4 heteroatoms. The maximum Gasteiger partial charge on any atom is 0.225 e. The van der Waals surface area contributed by atoms with Crippen LogP contribution in [0.2, 0.25) is 0 Å². The smallest absolute Gasteiger partial charge is 0.225 e. The molecule has 0 aliphatic carbocycles. The Morgan fingerprint density at radius 3 is 2.16 bits per heavy atom. The molecule has 0 radical (unpaired) electrons. The number of aromatic nitrogens is 2. The third kappa shape index (κ3) is 5.16. The van der Waals surface area contributed by atoms with E-state index in [1.54, 1.807) is 0 Å². The van der Waals surface area contributed by atoms with E-state index < -0.39 is 0 Å². The Morgan fingerprint density at radius 1 is 0.920 bits per heavy atom. The van der Waals surface area contributed by atoms with Crippen LogP contribution in [0.15, 0.2) is 12.4 Å². The molecule has 2 saturated heterocycles. The van der Waals surface area contributed by atoms with E-state index in [9.17, 15) is 0 Å². The van der Waals surface area contributed by atoms with Gasteiger partial charge in [-0.25, -0.2) is 9.97 Å². The van der Waals surface area contributed by atoms with Crippen molar-refractivity contribution in [3.63, 3.8) is 0 Å². The lowest BCUT2D eigenvalue weighted by molar-refractivity contribution is 0.182. The fourth-order valence-electron chi connectivity index (χ4n) is 4.54. The van der Waals surface area contributed by atoms with Gasteiger partial charge in [0.25, 0.3) is 0 Å². The van der Waals surface area contributed by atoms with Crippen molar-refractivity contribution < 1.29 is 0 Å². The molecule has 1 aromatic heterocycles. The molecule has 0 saturated carbocycles. The Kier molecular flexibility index (Phi) is 7.09. The molecular weight excluding hydrogens is 308 g/mol. The van der Waals surface area contributed by atoms with Gasteiger partial charge in [0, 0.05) is 37.6 Å². The Balaban J connectivity index is 1.46. The summed E-state index contributed by atoms with van der Waals surface area (Å²) in [6.45, 7) is 4.58. The van der Waals surface area contributed by atoms with E-state index in [1.165, 1.54) is 69.8 Å². The quantitative estimate of drug-likeness (QED) is 0.620. The summed E-state index contributed by atoms with van der Waals surface area (Å²) in [5.41, 5.74) is 1.30. The number of anilines is 1. The SMILES string of the molecule is CCCCCCCCCc1cnc(N2C3CCCC2CN(C)C3)nc1. The number of aryl methyl sites for hydroxylation is 1. The molecule has 0 spiro atoms. The van der Waals surface area contributed by atoms with Crippen molar-refractivity contribution in [1.29, 1.82) is 0 Å². The molecule has 2 aliphatic rings. The van der Waals surface area contributed by atoms with Crippen molar-refractivity contribution >= 4 is 5.95 Å². The van der Waals surface area contributed by atoms with Gasteiger partial charge in [-0.1, -0.05) is 45.4 Å². The minimum absolute atomic E-state index is 0.603. The average Bonchev–Trinajstić information content (AvgIpc) is 2.61. The van der Waals surface area contributed by atoms with Crippen molar-refractivity contribution in [3.05, 3.63) is 18.0 Å². The molecule has 2 bridgehead atoms. The Hall–Kier alpha value is -1.16. The minimum atomic E-state index is 0.603. The highest BCUT2D eigenvalue weighted by atomic mass is 15.4. The van der Waals surface area contributed by atoms with Gasteiger partial charge in [0.2, 0.25) is 5.95 Å². The van der Waals surface area contributed by atoms with Crippen LogP contribution in [0.3, 0.4) is 0 Å². The van der Waals surface area contributed by atoms with Crippen LogP contribution < -0.4 is 4.90 Å². The van der Waals surface area contributed by atoms with Crippen LogP contribution in [0, 0.1) is 0 Å². The highest BCUT2D eigenvalue weighted by molar-refractivity contribution is 5.36. The third-order valence-electron chi connectivity index (χ3n) is 5.90. The fourth-order valence-corrected chi connectivity index (χ4v) is 4.54. The summed E-state index contributed by atoms with van der Waals surface area (Å²) in [6, 6.07) is 1.21. The van der Waals surface area contributed by atoms with Gasteiger partial charge in [-0.05, 0) is 44.7 Å². The molecule has 3 rings (SSSR count). The third-order valence-corrected chi connectivity index (χ3v) is 5.90. The zero-order valence-corrected chi connectivity index (χ0v) is 16.3. The van der Waals surface area contributed by atoms with Crippen molar-refractivity contribution in [1.82, 2.24) is 14.9 Å². The Bertz CT molecular complexity index is 487. The van der Waals surface area contributed by atoms with Crippen molar-refractivity contribution in [2.24, 2.45) is 0 Å². The van der Waals surface area contributed by atoms with Gasteiger partial charge in [0.15, 0.2) is 0 Å². The van der Waals surface area contributed by atoms with Crippen LogP contribution in [0.25, 0.3) is 0 Å². The lowest BCUT2D eigenvalue weighted by Gasteiger charge is -2.49. The van der Waals surface area contributed by atoms with Crippen LogP contribution in [-0.4, -0.2) is 47.1 Å². The van der Waals surface area contributed by atoms with Crippen LogP contribution >= 0.6 is 0 Å². The van der Waals surface area contributed by atoms with E-state index in [4.69, 9.17) is 9.97 Å². The van der Waals surface area contributed by atoms with Gasteiger partial charge >= 0.3 is 0 Å². The number of likely N-dealkylation sites (tertiary alicyclic amines) is 1. The standard InChI is InChI=1S/C21H36N4/c1-3-4-5-6-7-8-9-11-18-14-22-21(23-15-18)25-19-12-10-13-20(25)17-24(2)16-19/h14-15,19-20H,3-13,16-17H2,1-2H3. The number of piperidine rings is 1. The van der Waals surface area contributed by atoms with Crippen LogP contribution in [0.5, 0.6) is 0 Å². The van der Waals surface area contributed by atoms with E-state index in [-0.39, 0.29) is 0 Å². The second-order valence-electron chi connectivity index (χ2n) is 8.13. The summed E-state index contributed by atoms with van der Waals surface area (Å²) >= 11 is 0. The van der Waals surface area contributed by atoms with Crippen molar-refractivity contribution in [2.75, 3.05) is 25.0 Å². The zero-order chi connectivity index (χ0) is 17.5. The monoisotopic (exact) mass is 344 g/mol. The number of piperazine rings is 1. The normalized spacial score (nSPS) is 23.8. The molecule has 0 aromatic carbocycles. The second kappa shape index (κ2) is 9.51. The summed E-state index contributed by atoms with van der Waals surface area (Å²) in [6.07, 6.45) is 18.7. The maximum absolute atomic E-state index is 4.75. The molecule has 1 aromatic rings. The van der Waals surface area contributed by atoms with Gasteiger partial charge < -0.3 is 9.80 Å². The van der Waals surface area contributed by atoms with Gasteiger partial charge in [-0.2, -0.15) is 0 Å². The molecule has 2 fully saturated rings. The summed E-state index contributed by atoms with van der Waals surface area (Å²) in [5, 5.41) is 0. The Morgan fingerprint density at radius 2 is 1.52 bits per heavy atom. The van der Waals surface area contributed by atoms with Crippen molar-refractivity contribution in [2.45, 2.75) is 89.6 Å². The number of fused-ring (bicyclic) bond motifs is 2. The van der Waals surface area contributed by atoms with Crippen molar-refractivity contribution in [3.8, 4) is 0 Å². The number of nitrogens with zero attached hydrogens (tertiary/aromatic N) is 4. The van der Waals surface area contributed by atoms with Gasteiger partial charge in [0.1, 0.15) is 0 Å². The fraction of sp³-hybridized carbons (Fsp3) is 0.810. The number of rotatable bonds is 9. The van der Waals surface area contributed by atoms with Gasteiger partial charge in [-0.3, -0.25) is 0 Å².